The molecule has 0 aromatic carbocycles. The highest BCUT2D eigenvalue weighted by Crippen LogP contribution is 2.51. The molecule has 3 aliphatic rings. The highest BCUT2D eigenvalue weighted by atomic mass is 32.2. The Kier molecular flexibility index (Phi) is 2.17. The van der Waals surface area contributed by atoms with Gasteiger partial charge < -0.3 is 9.15 Å². The van der Waals surface area contributed by atoms with Gasteiger partial charge in [0.25, 0.3) is 5.90 Å². The zero-order chi connectivity index (χ0) is 12.1. The summed E-state index contributed by atoms with van der Waals surface area (Å²) in [5.41, 5.74) is 0. The quantitative estimate of drug-likeness (QED) is 0.729. The van der Waals surface area contributed by atoms with Crippen LogP contribution >= 0.6 is 11.9 Å². The van der Waals surface area contributed by atoms with E-state index in [1.54, 1.807) is 18.4 Å². The van der Waals surface area contributed by atoms with Gasteiger partial charge in [0, 0.05) is 23.8 Å². The summed E-state index contributed by atoms with van der Waals surface area (Å²) >= 11 is 1.38. The second-order valence-corrected chi connectivity index (χ2v) is 5.57. The van der Waals surface area contributed by atoms with E-state index in [1.165, 1.54) is 11.9 Å². The normalized spacial score (nSPS) is 30.0. The molecule has 0 radical (unpaired) electrons. The van der Waals surface area contributed by atoms with E-state index in [9.17, 15) is 4.79 Å². The van der Waals surface area contributed by atoms with Crippen molar-refractivity contribution < 1.29 is 13.9 Å². The summed E-state index contributed by atoms with van der Waals surface area (Å²) in [5.74, 6) is 2.11. The van der Waals surface area contributed by atoms with Crippen LogP contribution in [0, 0.1) is 11.8 Å². The van der Waals surface area contributed by atoms with Crippen LogP contribution in [-0.2, 0) is 9.53 Å². The minimum atomic E-state index is 0.133. The van der Waals surface area contributed by atoms with Crippen molar-refractivity contribution in [1.82, 2.24) is 0 Å². The topological polar surface area (TPSA) is 51.8 Å². The fourth-order valence-electron chi connectivity index (χ4n) is 2.96. The van der Waals surface area contributed by atoms with Gasteiger partial charge in [0.2, 0.25) is 5.78 Å². The van der Waals surface area contributed by atoms with Crippen molar-refractivity contribution in [2.24, 2.45) is 16.2 Å². The second-order valence-electron chi connectivity index (χ2n) is 4.77. The van der Waals surface area contributed by atoms with Gasteiger partial charge in [0.15, 0.2) is 11.5 Å². The summed E-state index contributed by atoms with van der Waals surface area (Å²) in [4.78, 5) is 13.3. The molecule has 18 heavy (non-hydrogen) atoms. The molecule has 2 unspecified atom stereocenters. The summed E-state index contributed by atoms with van der Waals surface area (Å²) in [7, 11) is 0. The summed E-state index contributed by atoms with van der Waals surface area (Å²) in [5, 5.41) is 0. The number of ketones is 1. The van der Waals surface area contributed by atoms with E-state index in [0.29, 0.717) is 23.3 Å². The number of nitrogens with zero attached hydrogens (tertiary/aromatic N) is 1. The van der Waals surface area contributed by atoms with Gasteiger partial charge in [-0.2, -0.15) is 4.40 Å². The van der Waals surface area contributed by atoms with Crippen LogP contribution in [0.2, 0.25) is 0 Å². The highest BCUT2D eigenvalue weighted by molar-refractivity contribution is 8.02. The van der Waals surface area contributed by atoms with Crippen molar-refractivity contribution in [2.75, 3.05) is 0 Å². The van der Waals surface area contributed by atoms with Crippen LogP contribution in [0.25, 0.3) is 0 Å². The van der Waals surface area contributed by atoms with Gasteiger partial charge in [-0.3, -0.25) is 4.79 Å². The maximum absolute atomic E-state index is 12.3. The number of furan rings is 1. The largest absolute Gasteiger partial charge is 0.459 e. The van der Waals surface area contributed by atoms with Gasteiger partial charge >= 0.3 is 0 Å². The number of ether oxygens (including phenoxy) is 1. The van der Waals surface area contributed by atoms with Crippen LogP contribution in [0.3, 0.4) is 0 Å². The molecule has 5 heteroatoms. The third kappa shape index (κ3) is 1.34. The molecule has 0 amide bonds. The molecule has 2 heterocycles. The molecule has 1 fully saturated rings. The molecule has 1 aliphatic heterocycles. The van der Waals surface area contributed by atoms with Crippen LogP contribution in [0.5, 0.6) is 0 Å². The molecule has 2 atom stereocenters. The van der Waals surface area contributed by atoms with E-state index in [0.717, 1.165) is 24.2 Å². The summed E-state index contributed by atoms with van der Waals surface area (Å²) in [6, 6.07) is 3.56. The molecule has 0 bridgehead atoms. The Morgan fingerprint density at radius 1 is 1.33 bits per heavy atom. The maximum Gasteiger partial charge on any atom is 0.270 e. The molecule has 0 saturated heterocycles. The highest BCUT2D eigenvalue weighted by Gasteiger charge is 2.48. The molecule has 0 N–H and O–H groups in total. The first kappa shape index (κ1) is 10.4. The van der Waals surface area contributed by atoms with E-state index in [4.69, 9.17) is 9.15 Å². The Bertz CT molecular complexity index is 573. The fraction of sp³-hybridized carbons (Fsp3) is 0.385. The lowest BCUT2D eigenvalue weighted by molar-refractivity contribution is -0.120. The van der Waals surface area contributed by atoms with Crippen LogP contribution in [0.4, 0.5) is 0 Å². The lowest BCUT2D eigenvalue weighted by Crippen LogP contribution is -2.15. The lowest BCUT2D eigenvalue weighted by atomic mass is 9.99. The van der Waals surface area contributed by atoms with E-state index in [1.807, 2.05) is 0 Å². The molecule has 1 aromatic heterocycles. The molecule has 0 spiro atoms. The summed E-state index contributed by atoms with van der Waals surface area (Å²) in [6.07, 6.45) is 4.77. The van der Waals surface area contributed by atoms with Gasteiger partial charge in [-0.1, -0.05) is 6.42 Å². The number of allylic oxidation sites excluding steroid dienone is 2. The zero-order valence-corrected chi connectivity index (χ0v) is 10.4. The van der Waals surface area contributed by atoms with Crippen LogP contribution in [-0.4, -0.2) is 11.7 Å². The third-order valence-electron chi connectivity index (χ3n) is 3.79. The van der Waals surface area contributed by atoms with Crippen molar-refractivity contribution in [2.45, 2.75) is 19.3 Å². The smallest absolute Gasteiger partial charge is 0.270 e. The maximum atomic E-state index is 12.3. The Morgan fingerprint density at radius 2 is 2.22 bits per heavy atom. The van der Waals surface area contributed by atoms with E-state index in [2.05, 4.69) is 4.40 Å². The van der Waals surface area contributed by atoms with Gasteiger partial charge in [0.05, 0.1) is 11.2 Å². The minimum absolute atomic E-state index is 0.133. The Balaban J connectivity index is 1.67. The van der Waals surface area contributed by atoms with Crippen molar-refractivity contribution in [3.63, 3.8) is 0 Å². The van der Waals surface area contributed by atoms with Gasteiger partial charge in [-0.25, -0.2) is 0 Å². The Labute approximate surface area is 108 Å². The van der Waals surface area contributed by atoms with Gasteiger partial charge in [-0.05, 0) is 25.0 Å². The van der Waals surface area contributed by atoms with Crippen molar-refractivity contribution in [1.29, 1.82) is 0 Å². The van der Waals surface area contributed by atoms with E-state index < -0.39 is 0 Å². The molecule has 4 rings (SSSR count). The SMILES string of the molecule is O=C1C2=C(SN=C(c3ccco3)O2)C2CCCC12. The van der Waals surface area contributed by atoms with Crippen LogP contribution < -0.4 is 0 Å². The molecule has 1 saturated carbocycles. The predicted octanol–water partition coefficient (Wildman–Crippen LogP) is 2.92. The van der Waals surface area contributed by atoms with Crippen molar-refractivity contribution >= 4 is 23.6 Å². The first-order valence-electron chi connectivity index (χ1n) is 6.10. The average molecular weight is 261 g/mol. The molecule has 1 aromatic rings. The molecular weight excluding hydrogens is 250 g/mol. The standard InChI is InChI=1S/C13H11NO3S/c15-10-7-3-1-4-8(7)12-11(10)17-13(14-18-12)9-5-2-6-16-9/h2,5-8H,1,3-4H2. The van der Waals surface area contributed by atoms with Crippen molar-refractivity contribution in [3.8, 4) is 0 Å². The number of hydrogen-bond donors (Lipinski definition) is 0. The number of carbonyl (C=O) groups excluding carboxylic acids is 1. The Hall–Kier alpha value is -1.49. The lowest BCUT2D eigenvalue weighted by Gasteiger charge is -2.14. The summed E-state index contributed by atoms with van der Waals surface area (Å²) < 4.78 is 15.2. The Morgan fingerprint density at radius 3 is 3.06 bits per heavy atom. The first-order valence-corrected chi connectivity index (χ1v) is 6.87. The molecular formula is C13H11NO3S. The van der Waals surface area contributed by atoms with E-state index >= 15 is 0 Å². The predicted molar refractivity (Wildman–Crippen MR) is 66.8 cm³/mol. The second kappa shape index (κ2) is 3.75. The van der Waals surface area contributed by atoms with E-state index in [-0.39, 0.29) is 11.7 Å². The monoisotopic (exact) mass is 261 g/mol. The summed E-state index contributed by atoms with van der Waals surface area (Å²) in [6.45, 7) is 0. The molecule has 4 nitrogen and oxygen atoms in total. The van der Waals surface area contributed by atoms with Gasteiger partial charge in [0.1, 0.15) is 0 Å². The van der Waals surface area contributed by atoms with Gasteiger partial charge in [-0.15, -0.1) is 0 Å². The number of rotatable bonds is 1. The number of fused-ring (bicyclic) bond motifs is 2. The average Bonchev–Trinajstić information content (AvgIpc) is 3.10. The van der Waals surface area contributed by atoms with Crippen molar-refractivity contribution in [3.05, 3.63) is 34.8 Å². The molecule has 92 valence electrons. The number of carbonyl (C=O) groups is 1. The zero-order valence-electron chi connectivity index (χ0n) is 9.59. The minimum Gasteiger partial charge on any atom is -0.459 e. The fourth-order valence-corrected chi connectivity index (χ4v) is 3.91. The molecule has 2 aliphatic carbocycles. The van der Waals surface area contributed by atoms with Crippen LogP contribution in [0.15, 0.2) is 37.9 Å². The first-order chi connectivity index (χ1) is 8.84. The van der Waals surface area contributed by atoms with Crippen LogP contribution in [0.1, 0.15) is 25.0 Å². The third-order valence-corrected chi connectivity index (χ3v) is 4.74. The number of hydrogen-bond acceptors (Lipinski definition) is 5. The number of Topliss-reactive ketones (excluding diaryl/α,β-unsaturated/α-hetero) is 1.